The van der Waals surface area contributed by atoms with Crippen LogP contribution >= 0.6 is 15.9 Å². The third-order valence-corrected chi connectivity index (χ3v) is 6.45. The van der Waals surface area contributed by atoms with Gasteiger partial charge in [-0.1, -0.05) is 48.8 Å². The Hall–Kier alpha value is -0.500. The molecule has 0 aliphatic heterocycles. The summed E-state index contributed by atoms with van der Waals surface area (Å²) >= 11 is 3.79. The van der Waals surface area contributed by atoms with Crippen molar-refractivity contribution >= 4 is 15.9 Å². The van der Waals surface area contributed by atoms with Gasteiger partial charge in [0.15, 0.2) is 0 Å². The minimum Gasteiger partial charge on any atom is -0.508 e. The summed E-state index contributed by atoms with van der Waals surface area (Å²) < 4.78 is 0. The van der Waals surface area contributed by atoms with Crippen LogP contribution < -0.4 is 0 Å². The van der Waals surface area contributed by atoms with Crippen LogP contribution in [0.2, 0.25) is 0 Å². The normalized spacial score (nSPS) is 31.7. The average Bonchev–Trinajstić information content (AvgIpc) is 2.43. The van der Waals surface area contributed by atoms with E-state index >= 15 is 0 Å². The van der Waals surface area contributed by atoms with E-state index in [0.717, 1.165) is 24.0 Å². The highest BCUT2D eigenvalue weighted by Gasteiger charge is 2.52. The molecule has 1 saturated carbocycles. The lowest BCUT2D eigenvalue weighted by Crippen LogP contribution is -2.38. The van der Waals surface area contributed by atoms with Crippen LogP contribution in [0.25, 0.3) is 0 Å². The van der Waals surface area contributed by atoms with E-state index in [1.807, 2.05) is 13.0 Å². The minimum absolute atomic E-state index is 0.0406. The van der Waals surface area contributed by atoms with E-state index in [9.17, 15) is 5.11 Å². The zero-order chi connectivity index (χ0) is 12.8. The van der Waals surface area contributed by atoms with Gasteiger partial charge in [0.05, 0.1) is 0 Å². The Bertz CT molecular complexity index is 439. The first-order valence-electron chi connectivity index (χ1n) is 6.23. The summed E-state index contributed by atoms with van der Waals surface area (Å²) in [6.45, 7) is 8.87. The van der Waals surface area contributed by atoms with Crippen molar-refractivity contribution in [3.8, 4) is 5.75 Å². The molecule has 1 fully saturated rings. The Morgan fingerprint density at radius 2 is 1.94 bits per heavy atom. The molecule has 1 aromatic carbocycles. The predicted octanol–water partition coefficient (Wildman–Crippen LogP) is 4.54. The zero-order valence-electron chi connectivity index (χ0n) is 11.0. The molecule has 0 saturated heterocycles. The van der Waals surface area contributed by atoms with Crippen molar-refractivity contribution in [3.63, 3.8) is 0 Å². The number of rotatable bonds is 1. The molecule has 0 radical (unpaired) electrons. The van der Waals surface area contributed by atoms with Gasteiger partial charge in [0.25, 0.3) is 0 Å². The molecule has 2 rings (SSSR count). The maximum Gasteiger partial charge on any atom is 0.119 e. The predicted molar refractivity (Wildman–Crippen MR) is 75.9 cm³/mol. The van der Waals surface area contributed by atoms with Gasteiger partial charge in [-0.25, -0.2) is 0 Å². The zero-order valence-corrected chi connectivity index (χ0v) is 12.6. The molecular weight excluding hydrogens is 276 g/mol. The van der Waals surface area contributed by atoms with E-state index in [-0.39, 0.29) is 10.8 Å². The van der Waals surface area contributed by atoms with E-state index < -0.39 is 0 Å². The molecule has 1 aliphatic rings. The molecule has 17 heavy (non-hydrogen) atoms. The van der Waals surface area contributed by atoms with Crippen LogP contribution in [-0.2, 0) is 5.41 Å². The second-order valence-corrected chi connectivity index (χ2v) is 7.19. The molecule has 0 spiro atoms. The van der Waals surface area contributed by atoms with Crippen LogP contribution in [0.1, 0.15) is 44.7 Å². The van der Waals surface area contributed by atoms with Crippen LogP contribution in [0.4, 0.5) is 0 Å². The highest BCUT2D eigenvalue weighted by molar-refractivity contribution is 9.09. The highest BCUT2D eigenvalue weighted by atomic mass is 79.9. The molecule has 1 nitrogen and oxygen atoms in total. The van der Waals surface area contributed by atoms with Gasteiger partial charge in [-0.15, -0.1) is 0 Å². The van der Waals surface area contributed by atoms with Crippen molar-refractivity contribution in [1.82, 2.24) is 0 Å². The van der Waals surface area contributed by atoms with Crippen LogP contribution in [-0.4, -0.2) is 9.93 Å². The Morgan fingerprint density at radius 1 is 1.29 bits per heavy atom. The summed E-state index contributed by atoms with van der Waals surface area (Å²) in [6, 6.07) is 6.06. The third kappa shape index (κ3) is 1.81. The summed E-state index contributed by atoms with van der Waals surface area (Å²) in [7, 11) is 0. The molecule has 0 unspecified atom stereocenters. The number of phenolic OH excluding ortho intramolecular Hbond substituents is 1. The van der Waals surface area contributed by atoms with Crippen molar-refractivity contribution in [2.24, 2.45) is 5.41 Å². The van der Waals surface area contributed by atoms with Gasteiger partial charge in [-0.3, -0.25) is 0 Å². The Morgan fingerprint density at radius 3 is 2.41 bits per heavy atom. The fraction of sp³-hybridized carbons (Fsp3) is 0.600. The van der Waals surface area contributed by atoms with Gasteiger partial charge in [-0.2, -0.15) is 0 Å². The second-order valence-electron chi connectivity index (χ2n) is 6.08. The quantitative estimate of drug-likeness (QED) is 0.754. The minimum atomic E-state index is 0.0406. The third-order valence-electron chi connectivity index (χ3n) is 4.85. The number of alkyl halides is 1. The van der Waals surface area contributed by atoms with E-state index in [0.29, 0.717) is 10.6 Å². The second kappa shape index (κ2) is 4.01. The molecule has 1 aliphatic carbocycles. The van der Waals surface area contributed by atoms with Gasteiger partial charge in [0, 0.05) is 15.8 Å². The average molecular weight is 297 g/mol. The Kier molecular flexibility index (Phi) is 3.05. The van der Waals surface area contributed by atoms with E-state index in [1.54, 1.807) is 0 Å². The van der Waals surface area contributed by atoms with E-state index in [2.05, 4.69) is 48.8 Å². The van der Waals surface area contributed by atoms with Crippen molar-refractivity contribution in [2.75, 3.05) is 0 Å². The van der Waals surface area contributed by atoms with Crippen LogP contribution in [0.5, 0.6) is 5.75 Å². The Balaban J connectivity index is 2.52. The van der Waals surface area contributed by atoms with Gasteiger partial charge >= 0.3 is 0 Å². The lowest BCUT2D eigenvalue weighted by atomic mass is 9.65. The summed E-state index contributed by atoms with van der Waals surface area (Å²) in [5.41, 5.74) is 2.40. The first kappa shape index (κ1) is 12.9. The summed E-state index contributed by atoms with van der Waals surface area (Å²) in [4.78, 5) is 0.515. The number of hydrogen-bond acceptors (Lipinski definition) is 1. The summed E-state index contributed by atoms with van der Waals surface area (Å²) in [6.07, 6.45) is 2.28. The molecular formula is C15H21BrO. The first-order chi connectivity index (χ1) is 7.79. The molecule has 0 amide bonds. The number of halogens is 1. The van der Waals surface area contributed by atoms with Gasteiger partial charge < -0.3 is 5.11 Å². The molecule has 2 heteroatoms. The number of benzene rings is 1. The maximum atomic E-state index is 10.2. The fourth-order valence-corrected chi connectivity index (χ4v) is 3.77. The van der Waals surface area contributed by atoms with Gasteiger partial charge in [0.2, 0.25) is 0 Å². The highest BCUT2D eigenvalue weighted by Crippen LogP contribution is 2.57. The van der Waals surface area contributed by atoms with E-state index in [1.165, 1.54) is 0 Å². The standard InChI is InChI=1S/C15H21BrO/c1-10-5-6-11(12(17)9-10)15(4)8-7-13(16)14(15,2)3/h5-6,9,13,17H,7-8H2,1-4H3/t13-,15-/m0/s1. The SMILES string of the molecule is Cc1ccc([C@]2(C)CC[C@H](Br)C2(C)C)c(O)c1. The first-order valence-corrected chi connectivity index (χ1v) is 7.15. The van der Waals surface area contributed by atoms with Crippen LogP contribution in [0.3, 0.4) is 0 Å². The maximum absolute atomic E-state index is 10.2. The smallest absolute Gasteiger partial charge is 0.119 e. The summed E-state index contributed by atoms with van der Waals surface area (Å²) in [5.74, 6) is 0.446. The lowest BCUT2D eigenvalue weighted by Gasteiger charge is -2.41. The van der Waals surface area contributed by atoms with Crippen molar-refractivity contribution in [3.05, 3.63) is 29.3 Å². The fourth-order valence-electron chi connectivity index (χ4n) is 3.03. The topological polar surface area (TPSA) is 20.2 Å². The molecule has 0 bridgehead atoms. The number of aromatic hydroxyl groups is 1. The van der Waals surface area contributed by atoms with Crippen molar-refractivity contribution in [1.29, 1.82) is 0 Å². The van der Waals surface area contributed by atoms with Crippen LogP contribution in [0.15, 0.2) is 18.2 Å². The molecule has 1 aromatic rings. The van der Waals surface area contributed by atoms with E-state index in [4.69, 9.17) is 0 Å². The van der Waals surface area contributed by atoms with Crippen molar-refractivity contribution < 1.29 is 5.11 Å². The Labute approximate surface area is 112 Å². The molecule has 2 atom stereocenters. The van der Waals surface area contributed by atoms with Gasteiger partial charge in [-0.05, 0) is 36.8 Å². The number of aryl methyl sites for hydroxylation is 1. The monoisotopic (exact) mass is 296 g/mol. The lowest BCUT2D eigenvalue weighted by molar-refractivity contribution is 0.226. The number of hydrogen-bond donors (Lipinski definition) is 1. The molecule has 1 N–H and O–H groups in total. The largest absolute Gasteiger partial charge is 0.508 e. The van der Waals surface area contributed by atoms with Crippen molar-refractivity contribution in [2.45, 2.75) is 50.8 Å². The molecule has 0 heterocycles. The molecule has 94 valence electrons. The van der Waals surface area contributed by atoms with Gasteiger partial charge in [0.1, 0.15) is 5.75 Å². The van der Waals surface area contributed by atoms with Crippen LogP contribution in [0, 0.1) is 12.3 Å². The molecule has 0 aromatic heterocycles. The number of phenols is 1. The summed E-state index contributed by atoms with van der Waals surface area (Å²) in [5, 5.41) is 10.2.